The lowest BCUT2D eigenvalue weighted by Gasteiger charge is -2.41. The van der Waals surface area contributed by atoms with Crippen LogP contribution in [0.15, 0.2) is 18.2 Å². The number of carbonyl (C=O) groups excluding carboxylic acids is 1. The second kappa shape index (κ2) is 3.83. The number of benzene rings is 1. The number of hydrogen-bond donors (Lipinski definition) is 1. The summed E-state index contributed by atoms with van der Waals surface area (Å²) >= 11 is 0. The molecule has 1 aromatic carbocycles. The first-order valence-electron chi connectivity index (χ1n) is 6.30. The summed E-state index contributed by atoms with van der Waals surface area (Å²) in [5.41, 5.74) is 1.59. The third-order valence-corrected chi connectivity index (χ3v) is 4.20. The summed E-state index contributed by atoms with van der Waals surface area (Å²) in [5.74, 6) is -0.292. The minimum atomic E-state index is -0.233. The van der Waals surface area contributed by atoms with Gasteiger partial charge >= 0.3 is 0 Å². The summed E-state index contributed by atoms with van der Waals surface area (Å²) in [6.07, 6.45) is 5.71. The van der Waals surface area contributed by atoms with Crippen molar-refractivity contribution in [3.05, 3.63) is 35.1 Å². The number of hydrogen-bond acceptors (Lipinski definition) is 1. The van der Waals surface area contributed by atoms with E-state index in [-0.39, 0.29) is 17.1 Å². The van der Waals surface area contributed by atoms with Gasteiger partial charge < -0.3 is 5.32 Å². The fourth-order valence-corrected chi connectivity index (χ4v) is 3.27. The van der Waals surface area contributed by atoms with Gasteiger partial charge in [0.1, 0.15) is 5.82 Å². The van der Waals surface area contributed by atoms with Crippen molar-refractivity contribution in [1.29, 1.82) is 0 Å². The molecule has 1 spiro atoms. The zero-order valence-corrected chi connectivity index (χ0v) is 9.76. The number of halogens is 1. The van der Waals surface area contributed by atoms with Gasteiger partial charge in [0.05, 0.1) is 0 Å². The van der Waals surface area contributed by atoms with Crippen LogP contribution in [0.3, 0.4) is 0 Å². The van der Waals surface area contributed by atoms with Crippen molar-refractivity contribution in [2.75, 3.05) is 6.54 Å². The molecule has 1 saturated carbocycles. The highest BCUT2D eigenvalue weighted by Crippen LogP contribution is 2.42. The number of carbonyl (C=O) groups is 1. The largest absolute Gasteiger partial charge is 0.351 e. The molecule has 1 N–H and O–H groups in total. The molecule has 0 radical (unpaired) electrons. The second-order valence-electron chi connectivity index (χ2n) is 5.21. The number of fused-ring (bicyclic) bond motifs is 2. The molecule has 1 aliphatic carbocycles. The van der Waals surface area contributed by atoms with Crippen molar-refractivity contribution < 1.29 is 9.18 Å². The van der Waals surface area contributed by atoms with Gasteiger partial charge in [-0.1, -0.05) is 19.3 Å². The van der Waals surface area contributed by atoms with Crippen LogP contribution < -0.4 is 5.32 Å². The molecule has 0 unspecified atom stereocenters. The van der Waals surface area contributed by atoms with Crippen LogP contribution >= 0.6 is 0 Å². The molecule has 3 rings (SSSR count). The van der Waals surface area contributed by atoms with Gasteiger partial charge in [-0.15, -0.1) is 0 Å². The van der Waals surface area contributed by atoms with E-state index in [9.17, 15) is 9.18 Å². The van der Waals surface area contributed by atoms with E-state index in [0.717, 1.165) is 18.4 Å². The van der Waals surface area contributed by atoms with Crippen LogP contribution in [0.1, 0.15) is 48.0 Å². The Labute approximate surface area is 100 Å². The zero-order valence-electron chi connectivity index (χ0n) is 9.76. The molecular formula is C14H16FNO. The van der Waals surface area contributed by atoms with Crippen LogP contribution in [-0.2, 0) is 5.41 Å². The van der Waals surface area contributed by atoms with Gasteiger partial charge in [0.2, 0.25) is 0 Å². The molecule has 90 valence electrons. The highest BCUT2D eigenvalue weighted by Gasteiger charge is 2.40. The Kier molecular flexibility index (Phi) is 2.42. The monoisotopic (exact) mass is 233 g/mol. The van der Waals surface area contributed by atoms with Crippen LogP contribution in [0, 0.1) is 5.82 Å². The Morgan fingerprint density at radius 1 is 1.18 bits per heavy atom. The highest BCUT2D eigenvalue weighted by molar-refractivity contribution is 5.97. The molecule has 0 atom stereocenters. The smallest absolute Gasteiger partial charge is 0.251 e. The van der Waals surface area contributed by atoms with Crippen molar-refractivity contribution >= 4 is 5.91 Å². The zero-order chi connectivity index (χ0) is 11.9. The van der Waals surface area contributed by atoms with Crippen LogP contribution in [0.2, 0.25) is 0 Å². The highest BCUT2D eigenvalue weighted by atomic mass is 19.1. The fourth-order valence-electron chi connectivity index (χ4n) is 3.27. The third-order valence-electron chi connectivity index (χ3n) is 4.20. The van der Waals surface area contributed by atoms with E-state index in [1.165, 1.54) is 25.3 Å². The normalized spacial score (nSPS) is 22.1. The summed E-state index contributed by atoms with van der Waals surface area (Å²) in [6.45, 7) is 0.669. The summed E-state index contributed by atoms with van der Waals surface area (Å²) in [4.78, 5) is 11.8. The first-order valence-corrected chi connectivity index (χ1v) is 6.30. The lowest BCUT2D eigenvalue weighted by Crippen LogP contribution is -2.48. The van der Waals surface area contributed by atoms with Crippen molar-refractivity contribution in [2.45, 2.75) is 37.5 Å². The average molecular weight is 233 g/mol. The lowest BCUT2D eigenvalue weighted by atomic mass is 9.66. The molecule has 1 amide bonds. The maximum Gasteiger partial charge on any atom is 0.251 e. The Bertz CT molecular complexity index is 463. The summed E-state index contributed by atoms with van der Waals surface area (Å²) < 4.78 is 13.4. The van der Waals surface area contributed by atoms with Gasteiger partial charge in [0.25, 0.3) is 5.91 Å². The molecule has 0 aromatic heterocycles. The third kappa shape index (κ3) is 1.65. The van der Waals surface area contributed by atoms with Crippen molar-refractivity contribution in [3.8, 4) is 0 Å². The first-order chi connectivity index (χ1) is 8.21. The number of amides is 1. The van der Waals surface area contributed by atoms with Crippen molar-refractivity contribution in [3.63, 3.8) is 0 Å². The minimum absolute atomic E-state index is 0.0103. The molecular weight excluding hydrogens is 217 g/mol. The van der Waals surface area contributed by atoms with Crippen LogP contribution in [-0.4, -0.2) is 12.5 Å². The van der Waals surface area contributed by atoms with Crippen LogP contribution in [0.5, 0.6) is 0 Å². The van der Waals surface area contributed by atoms with E-state index in [0.29, 0.717) is 12.1 Å². The van der Waals surface area contributed by atoms with E-state index in [2.05, 4.69) is 5.32 Å². The number of nitrogens with one attached hydrogen (secondary N) is 1. The quantitative estimate of drug-likeness (QED) is 0.733. The SMILES string of the molecule is O=C1NCC2(CCCCC2)c2cc(F)ccc21. The molecule has 0 saturated heterocycles. The maximum atomic E-state index is 13.4. The van der Waals surface area contributed by atoms with Crippen molar-refractivity contribution in [2.24, 2.45) is 0 Å². The second-order valence-corrected chi connectivity index (χ2v) is 5.21. The van der Waals surface area contributed by atoms with E-state index >= 15 is 0 Å². The van der Waals surface area contributed by atoms with Crippen LogP contribution in [0.4, 0.5) is 4.39 Å². The molecule has 0 bridgehead atoms. The Morgan fingerprint density at radius 2 is 1.94 bits per heavy atom. The van der Waals surface area contributed by atoms with Gasteiger partial charge in [-0.05, 0) is 36.6 Å². The van der Waals surface area contributed by atoms with Gasteiger partial charge in [-0.2, -0.15) is 0 Å². The Morgan fingerprint density at radius 3 is 2.71 bits per heavy atom. The maximum absolute atomic E-state index is 13.4. The van der Waals surface area contributed by atoms with Crippen molar-refractivity contribution in [1.82, 2.24) is 5.32 Å². The number of rotatable bonds is 0. The Hall–Kier alpha value is -1.38. The van der Waals surface area contributed by atoms with E-state index in [1.807, 2.05) is 0 Å². The predicted molar refractivity (Wildman–Crippen MR) is 63.5 cm³/mol. The van der Waals surface area contributed by atoms with Gasteiger partial charge in [0.15, 0.2) is 0 Å². The van der Waals surface area contributed by atoms with Gasteiger partial charge in [0, 0.05) is 17.5 Å². The first kappa shape index (κ1) is 10.8. The molecule has 3 heteroatoms. The van der Waals surface area contributed by atoms with E-state index in [1.54, 1.807) is 12.1 Å². The predicted octanol–water partition coefficient (Wildman–Crippen LogP) is 2.77. The summed E-state index contributed by atoms with van der Waals surface area (Å²) in [6, 6.07) is 4.56. The summed E-state index contributed by atoms with van der Waals surface area (Å²) in [5, 5.41) is 2.96. The average Bonchev–Trinajstić information content (AvgIpc) is 2.36. The Balaban J connectivity index is 2.12. The molecule has 2 aliphatic rings. The minimum Gasteiger partial charge on any atom is -0.351 e. The molecule has 1 aromatic rings. The molecule has 2 nitrogen and oxygen atoms in total. The standard InChI is InChI=1S/C14H16FNO/c15-10-4-5-11-12(8-10)14(9-16-13(11)17)6-2-1-3-7-14/h4-5,8H,1-3,6-7,9H2,(H,16,17). The molecule has 1 fully saturated rings. The molecule has 1 aliphatic heterocycles. The molecule has 1 heterocycles. The van der Waals surface area contributed by atoms with E-state index in [4.69, 9.17) is 0 Å². The van der Waals surface area contributed by atoms with E-state index < -0.39 is 0 Å². The summed E-state index contributed by atoms with van der Waals surface area (Å²) in [7, 11) is 0. The van der Waals surface area contributed by atoms with Gasteiger partial charge in [-0.25, -0.2) is 4.39 Å². The lowest BCUT2D eigenvalue weighted by molar-refractivity contribution is 0.0912. The molecule has 17 heavy (non-hydrogen) atoms. The van der Waals surface area contributed by atoms with Crippen LogP contribution in [0.25, 0.3) is 0 Å². The topological polar surface area (TPSA) is 29.1 Å². The fraction of sp³-hybridized carbons (Fsp3) is 0.500. The van der Waals surface area contributed by atoms with Gasteiger partial charge in [-0.3, -0.25) is 4.79 Å².